The first-order valence-corrected chi connectivity index (χ1v) is 9.17. The first-order valence-electron chi connectivity index (χ1n) is 7.15. The summed E-state index contributed by atoms with van der Waals surface area (Å²) in [7, 11) is 0. The van der Waals surface area contributed by atoms with E-state index in [2.05, 4.69) is 21.2 Å². The van der Waals surface area contributed by atoms with E-state index in [1.165, 1.54) is 17.8 Å². The smallest absolute Gasteiger partial charge is 0.341 e. The number of carboxylic acids is 1. The molecule has 1 amide bonds. The van der Waals surface area contributed by atoms with Crippen molar-refractivity contribution in [1.29, 1.82) is 0 Å². The van der Waals surface area contributed by atoms with Crippen LogP contribution in [0.25, 0.3) is 0 Å². The molecule has 0 fully saturated rings. The van der Waals surface area contributed by atoms with Crippen LogP contribution in [0.5, 0.6) is 5.75 Å². The van der Waals surface area contributed by atoms with Crippen molar-refractivity contribution in [2.24, 2.45) is 0 Å². The topological polar surface area (TPSA) is 75.6 Å². The lowest BCUT2D eigenvalue weighted by molar-refractivity contribution is -0.139. The molecule has 0 spiro atoms. The van der Waals surface area contributed by atoms with Crippen LogP contribution in [0.2, 0.25) is 0 Å². The van der Waals surface area contributed by atoms with E-state index in [9.17, 15) is 14.0 Å². The van der Waals surface area contributed by atoms with E-state index >= 15 is 0 Å². The summed E-state index contributed by atoms with van der Waals surface area (Å²) in [6.07, 6.45) is 1.85. The van der Waals surface area contributed by atoms with Gasteiger partial charge in [0.15, 0.2) is 6.61 Å². The predicted molar refractivity (Wildman–Crippen MR) is 96.6 cm³/mol. The van der Waals surface area contributed by atoms with Crippen LogP contribution in [-0.2, 0) is 11.3 Å². The molecule has 2 aromatic rings. The van der Waals surface area contributed by atoms with Crippen LogP contribution < -0.4 is 10.1 Å². The average Bonchev–Trinajstić information content (AvgIpc) is 2.58. The van der Waals surface area contributed by atoms with Crippen LogP contribution in [0.15, 0.2) is 45.8 Å². The van der Waals surface area contributed by atoms with Gasteiger partial charge in [0.25, 0.3) is 5.91 Å². The number of halogens is 2. The van der Waals surface area contributed by atoms with Crippen molar-refractivity contribution < 1.29 is 23.8 Å². The van der Waals surface area contributed by atoms with Crippen molar-refractivity contribution in [2.45, 2.75) is 11.4 Å². The zero-order valence-electron chi connectivity index (χ0n) is 13.2. The third-order valence-corrected chi connectivity index (χ3v) is 4.46. The Kier molecular flexibility index (Phi) is 6.83. The van der Waals surface area contributed by atoms with Crippen LogP contribution in [0.4, 0.5) is 4.39 Å². The second-order valence-electron chi connectivity index (χ2n) is 4.96. The first kappa shape index (κ1) is 19.3. The fourth-order valence-electron chi connectivity index (χ4n) is 2.01. The van der Waals surface area contributed by atoms with Gasteiger partial charge in [0.1, 0.15) is 11.6 Å². The molecule has 0 aliphatic carbocycles. The van der Waals surface area contributed by atoms with Gasteiger partial charge in [-0.2, -0.15) is 0 Å². The molecular formula is C17H15BrFNO4S. The van der Waals surface area contributed by atoms with Crippen molar-refractivity contribution in [3.05, 3.63) is 57.8 Å². The number of rotatable bonds is 7. The van der Waals surface area contributed by atoms with Crippen LogP contribution >= 0.6 is 27.7 Å². The Morgan fingerprint density at radius 3 is 2.68 bits per heavy atom. The summed E-state index contributed by atoms with van der Waals surface area (Å²) < 4.78 is 19.6. The molecule has 0 aliphatic heterocycles. The van der Waals surface area contributed by atoms with Crippen LogP contribution in [0.3, 0.4) is 0 Å². The number of nitrogens with one attached hydrogen (secondary N) is 1. The van der Waals surface area contributed by atoms with Gasteiger partial charge in [0, 0.05) is 21.5 Å². The molecule has 0 saturated heterocycles. The molecule has 0 saturated carbocycles. The molecule has 2 rings (SSSR count). The van der Waals surface area contributed by atoms with E-state index in [0.29, 0.717) is 10.0 Å². The van der Waals surface area contributed by atoms with E-state index < -0.39 is 24.3 Å². The Balaban J connectivity index is 2.15. The maximum Gasteiger partial charge on any atom is 0.341 e. The Hall–Kier alpha value is -2.06. The lowest BCUT2D eigenvalue weighted by atomic mass is 10.1. The largest absolute Gasteiger partial charge is 0.481 e. The molecule has 0 aromatic heterocycles. The molecule has 2 N–H and O–H groups in total. The molecule has 0 heterocycles. The average molecular weight is 428 g/mol. The zero-order valence-corrected chi connectivity index (χ0v) is 15.6. The first-order chi connectivity index (χ1) is 11.9. The number of hydrogen-bond donors (Lipinski definition) is 2. The second-order valence-corrected chi connectivity index (χ2v) is 6.76. The summed E-state index contributed by atoms with van der Waals surface area (Å²) in [6.45, 7) is -0.556. The van der Waals surface area contributed by atoms with Gasteiger partial charge in [-0.1, -0.05) is 22.0 Å². The van der Waals surface area contributed by atoms with Crippen molar-refractivity contribution in [3.8, 4) is 5.75 Å². The van der Waals surface area contributed by atoms with Crippen molar-refractivity contribution >= 4 is 39.6 Å². The number of thioether (sulfide) groups is 1. The summed E-state index contributed by atoms with van der Waals surface area (Å²) in [6, 6.07) is 9.44. The summed E-state index contributed by atoms with van der Waals surface area (Å²) in [5, 5.41) is 11.4. The third-order valence-electron chi connectivity index (χ3n) is 3.24. The SMILES string of the molecule is CSc1ccc(C(=O)NCc2ccc(Br)cc2F)c(OCC(=O)O)c1. The monoisotopic (exact) mass is 427 g/mol. The lowest BCUT2D eigenvalue weighted by Crippen LogP contribution is -2.24. The lowest BCUT2D eigenvalue weighted by Gasteiger charge is -2.12. The molecule has 0 atom stereocenters. The Labute approximate surface area is 156 Å². The highest BCUT2D eigenvalue weighted by Gasteiger charge is 2.15. The van der Waals surface area contributed by atoms with Gasteiger partial charge in [0.05, 0.1) is 5.56 Å². The number of amides is 1. The van der Waals surface area contributed by atoms with Gasteiger partial charge < -0.3 is 15.2 Å². The minimum atomic E-state index is -1.14. The second kappa shape index (κ2) is 8.87. The van der Waals surface area contributed by atoms with E-state index in [4.69, 9.17) is 9.84 Å². The fourth-order valence-corrected chi connectivity index (χ4v) is 2.77. The highest BCUT2D eigenvalue weighted by Crippen LogP contribution is 2.26. The summed E-state index contributed by atoms with van der Waals surface area (Å²) in [4.78, 5) is 23.9. The van der Waals surface area contributed by atoms with E-state index in [1.807, 2.05) is 6.26 Å². The Bertz CT molecular complexity index is 800. The minimum absolute atomic E-state index is 0.000592. The van der Waals surface area contributed by atoms with Gasteiger partial charge >= 0.3 is 5.97 Å². The highest BCUT2D eigenvalue weighted by atomic mass is 79.9. The minimum Gasteiger partial charge on any atom is -0.481 e. The predicted octanol–water partition coefficient (Wildman–Crippen LogP) is 3.70. The summed E-state index contributed by atoms with van der Waals surface area (Å²) in [5.41, 5.74) is 0.529. The number of hydrogen-bond acceptors (Lipinski definition) is 4. The molecule has 0 aliphatic rings. The van der Waals surface area contributed by atoms with E-state index in [1.54, 1.807) is 30.3 Å². The van der Waals surface area contributed by atoms with Gasteiger partial charge in [-0.25, -0.2) is 9.18 Å². The number of aliphatic carboxylic acids is 1. The number of ether oxygens (including phenoxy) is 1. The van der Waals surface area contributed by atoms with Crippen LogP contribution in [0, 0.1) is 5.82 Å². The van der Waals surface area contributed by atoms with Crippen LogP contribution in [0.1, 0.15) is 15.9 Å². The summed E-state index contributed by atoms with van der Waals surface area (Å²) in [5.74, 6) is -1.88. The number of carbonyl (C=O) groups is 2. The number of carbonyl (C=O) groups excluding carboxylic acids is 1. The molecule has 25 heavy (non-hydrogen) atoms. The van der Waals surface area contributed by atoms with Gasteiger partial charge in [-0.15, -0.1) is 11.8 Å². The van der Waals surface area contributed by atoms with Gasteiger partial charge in [-0.3, -0.25) is 4.79 Å². The molecule has 132 valence electrons. The molecule has 2 aromatic carbocycles. The van der Waals surface area contributed by atoms with E-state index in [0.717, 1.165) is 4.90 Å². The Morgan fingerprint density at radius 1 is 1.28 bits per heavy atom. The number of benzene rings is 2. The van der Waals surface area contributed by atoms with Crippen molar-refractivity contribution in [1.82, 2.24) is 5.32 Å². The molecule has 8 heteroatoms. The molecule has 0 radical (unpaired) electrons. The van der Waals surface area contributed by atoms with Crippen molar-refractivity contribution in [2.75, 3.05) is 12.9 Å². The normalized spacial score (nSPS) is 10.4. The van der Waals surface area contributed by atoms with Crippen LogP contribution in [-0.4, -0.2) is 29.8 Å². The van der Waals surface area contributed by atoms with Crippen molar-refractivity contribution in [3.63, 3.8) is 0 Å². The third kappa shape index (κ3) is 5.47. The Morgan fingerprint density at radius 2 is 2.04 bits per heavy atom. The van der Waals surface area contributed by atoms with Gasteiger partial charge in [-0.05, 0) is 36.6 Å². The molecule has 5 nitrogen and oxygen atoms in total. The molecule has 0 bridgehead atoms. The summed E-state index contributed by atoms with van der Waals surface area (Å²) >= 11 is 4.61. The molecular weight excluding hydrogens is 413 g/mol. The molecule has 0 unspecified atom stereocenters. The number of carboxylic acid groups (broad SMARTS) is 1. The van der Waals surface area contributed by atoms with Gasteiger partial charge in [0.2, 0.25) is 0 Å². The fraction of sp³-hybridized carbons (Fsp3) is 0.176. The maximum atomic E-state index is 13.8. The maximum absolute atomic E-state index is 13.8. The quantitative estimate of drug-likeness (QED) is 0.658. The zero-order chi connectivity index (χ0) is 18.4. The highest BCUT2D eigenvalue weighted by molar-refractivity contribution is 9.10. The standard InChI is InChI=1S/C17H15BrFNO4S/c1-25-12-4-5-13(15(7-12)24-9-16(21)22)17(23)20-8-10-2-3-11(18)6-14(10)19/h2-7H,8-9H2,1H3,(H,20,23)(H,21,22). The van der Waals surface area contributed by atoms with E-state index in [-0.39, 0.29) is 17.9 Å².